The molecule has 0 bridgehead atoms. The number of H-pyrrole nitrogens is 1. The summed E-state index contributed by atoms with van der Waals surface area (Å²) in [6, 6.07) is 15.6. The number of aromatic nitrogens is 4. The highest BCUT2D eigenvalue weighted by atomic mass is 16.1. The van der Waals surface area contributed by atoms with Crippen LogP contribution in [0.3, 0.4) is 0 Å². The summed E-state index contributed by atoms with van der Waals surface area (Å²) in [5, 5.41) is 2.89. The average Bonchev–Trinajstić information content (AvgIpc) is 3.17. The number of aromatic amines is 1. The standard InChI is InChI=1S/C22H22N6O/c1-14(2)28(3)22-26-18-10-9-17(11-19(18)27-22)25-21(29)16-12-23-20(24-13-16)15-7-5-4-6-8-15/h4-14H,1-3H3,(H,25,29)(H,26,27). The Hall–Kier alpha value is -3.74. The first kappa shape index (κ1) is 18.6. The Bertz CT molecular complexity index is 1140. The molecule has 0 aliphatic carbocycles. The quantitative estimate of drug-likeness (QED) is 0.539. The Morgan fingerprint density at radius 2 is 1.79 bits per heavy atom. The van der Waals surface area contributed by atoms with E-state index in [2.05, 4.69) is 44.0 Å². The summed E-state index contributed by atoms with van der Waals surface area (Å²) in [5.41, 5.74) is 3.69. The molecule has 0 atom stereocenters. The van der Waals surface area contributed by atoms with Crippen LogP contribution in [0.15, 0.2) is 60.9 Å². The lowest BCUT2D eigenvalue weighted by Gasteiger charge is -2.19. The number of anilines is 2. The third-order valence-electron chi connectivity index (χ3n) is 4.78. The minimum absolute atomic E-state index is 0.261. The van der Waals surface area contributed by atoms with E-state index in [1.165, 1.54) is 12.4 Å². The van der Waals surface area contributed by atoms with Crippen LogP contribution in [0.4, 0.5) is 11.6 Å². The molecule has 0 fully saturated rings. The van der Waals surface area contributed by atoms with E-state index < -0.39 is 0 Å². The second-order valence-electron chi connectivity index (χ2n) is 7.11. The molecule has 29 heavy (non-hydrogen) atoms. The van der Waals surface area contributed by atoms with Crippen molar-refractivity contribution in [3.8, 4) is 11.4 Å². The van der Waals surface area contributed by atoms with Gasteiger partial charge in [0, 0.05) is 36.7 Å². The number of carbonyl (C=O) groups is 1. The van der Waals surface area contributed by atoms with Gasteiger partial charge in [-0.05, 0) is 32.0 Å². The second-order valence-corrected chi connectivity index (χ2v) is 7.11. The summed E-state index contributed by atoms with van der Waals surface area (Å²) in [4.78, 5) is 31.1. The molecule has 146 valence electrons. The van der Waals surface area contributed by atoms with Gasteiger partial charge in [0.1, 0.15) is 0 Å². The highest BCUT2D eigenvalue weighted by Crippen LogP contribution is 2.22. The van der Waals surface area contributed by atoms with Crippen LogP contribution in [-0.4, -0.2) is 38.9 Å². The van der Waals surface area contributed by atoms with Crippen LogP contribution in [0, 0.1) is 0 Å². The van der Waals surface area contributed by atoms with Gasteiger partial charge in [0.15, 0.2) is 5.82 Å². The second kappa shape index (κ2) is 7.71. The molecule has 2 aromatic carbocycles. The topological polar surface area (TPSA) is 86.8 Å². The van der Waals surface area contributed by atoms with E-state index in [0.29, 0.717) is 23.1 Å². The van der Waals surface area contributed by atoms with Crippen LogP contribution in [0.1, 0.15) is 24.2 Å². The molecule has 1 amide bonds. The molecule has 0 unspecified atom stereocenters. The van der Waals surface area contributed by atoms with Crippen molar-refractivity contribution in [1.29, 1.82) is 0 Å². The first-order valence-corrected chi connectivity index (χ1v) is 9.42. The molecule has 4 rings (SSSR count). The number of nitrogens with one attached hydrogen (secondary N) is 2. The Morgan fingerprint density at radius 3 is 2.48 bits per heavy atom. The van der Waals surface area contributed by atoms with E-state index in [0.717, 1.165) is 22.5 Å². The molecule has 7 heteroatoms. The Kier molecular flexibility index (Phi) is 4.95. The number of imidazole rings is 1. The summed E-state index contributed by atoms with van der Waals surface area (Å²) in [7, 11) is 1.99. The van der Waals surface area contributed by atoms with Crippen molar-refractivity contribution < 1.29 is 4.79 Å². The third kappa shape index (κ3) is 3.94. The number of rotatable bonds is 5. The molecule has 2 N–H and O–H groups in total. The van der Waals surface area contributed by atoms with Crippen molar-refractivity contribution in [2.24, 2.45) is 0 Å². The zero-order valence-electron chi connectivity index (χ0n) is 16.5. The molecule has 0 aliphatic heterocycles. The highest BCUT2D eigenvalue weighted by Gasteiger charge is 2.12. The Balaban J connectivity index is 1.51. The van der Waals surface area contributed by atoms with Gasteiger partial charge in [-0.15, -0.1) is 0 Å². The van der Waals surface area contributed by atoms with Gasteiger partial charge in [0.2, 0.25) is 5.95 Å². The van der Waals surface area contributed by atoms with Crippen molar-refractivity contribution in [3.05, 3.63) is 66.5 Å². The van der Waals surface area contributed by atoms with Gasteiger partial charge in [-0.1, -0.05) is 30.3 Å². The Morgan fingerprint density at radius 1 is 1.07 bits per heavy atom. The van der Waals surface area contributed by atoms with Crippen LogP contribution in [-0.2, 0) is 0 Å². The normalized spacial score (nSPS) is 11.0. The molecule has 7 nitrogen and oxygen atoms in total. The lowest BCUT2D eigenvalue weighted by atomic mass is 10.2. The zero-order chi connectivity index (χ0) is 20.4. The van der Waals surface area contributed by atoms with Crippen molar-refractivity contribution in [1.82, 2.24) is 19.9 Å². The minimum atomic E-state index is -0.261. The molecule has 0 aliphatic rings. The van der Waals surface area contributed by atoms with Gasteiger partial charge >= 0.3 is 0 Å². The number of benzene rings is 2. The van der Waals surface area contributed by atoms with Crippen LogP contribution in [0.25, 0.3) is 22.4 Å². The van der Waals surface area contributed by atoms with E-state index in [9.17, 15) is 4.79 Å². The van der Waals surface area contributed by atoms with Crippen molar-refractivity contribution in [2.75, 3.05) is 17.3 Å². The predicted octanol–water partition coefficient (Wildman–Crippen LogP) is 4.12. The zero-order valence-corrected chi connectivity index (χ0v) is 16.5. The number of amides is 1. The fourth-order valence-corrected chi connectivity index (χ4v) is 2.87. The third-order valence-corrected chi connectivity index (χ3v) is 4.78. The van der Waals surface area contributed by atoms with Gasteiger partial charge in [0.05, 0.1) is 16.6 Å². The molecule has 0 saturated carbocycles. The van der Waals surface area contributed by atoms with Crippen molar-refractivity contribution in [2.45, 2.75) is 19.9 Å². The van der Waals surface area contributed by atoms with Gasteiger partial charge in [0.25, 0.3) is 5.91 Å². The summed E-state index contributed by atoms with van der Waals surface area (Å²) in [6.45, 7) is 4.20. The lowest BCUT2D eigenvalue weighted by Crippen LogP contribution is -2.26. The van der Waals surface area contributed by atoms with Crippen LogP contribution in [0.2, 0.25) is 0 Å². The van der Waals surface area contributed by atoms with E-state index in [1.54, 1.807) is 0 Å². The van der Waals surface area contributed by atoms with E-state index in [-0.39, 0.29) is 5.91 Å². The molecule has 2 heterocycles. The molecular weight excluding hydrogens is 364 g/mol. The van der Waals surface area contributed by atoms with Gasteiger partial charge in [-0.2, -0.15) is 0 Å². The first-order valence-electron chi connectivity index (χ1n) is 9.42. The number of hydrogen-bond donors (Lipinski definition) is 2. The van der Waals surface area contributed by atoms with Crippen LogP contribution in [0.5, 0.6) is 0 Å². The molecule has 0 radical (unpaired) electrons. The van der Waals surface area contributed by atoms with Crippen LogP contribution < -0.4 is 10.2 Å². The molecular formula is C22H22N6O. The number of nitrogens with zero attached hydrogens (tertiary/aromatic N) is 4. The Labute approximate surface area is 168 Å². The fourth-order valence-electron chi connectivity index (χ4n) is 2.87. The summed E-state index contributed by atoms with van der Waals surface area (Å²) in [5.74, 6) is 1.12. The summed E-state index contributed by atoms with van der Waals surface area (Å²) >= 11 is 0. The highest BCUT2D eigenvalue weighted by molar-refractivity contribution is 6.04. The maximum absolute atomic E-state index is 12.6. The monoisotopic (exact) mass is 386 g/mol. The van der Waals surface area contributed by atoms with Gasteiger partial charge in [-0.25, -0.2) is 15.0 Å². The smallest absolute Gasteiger partial charge is 0.258 e. The minimum Gasteiger partial charge on any atom is -0.343 e. The maximum atomic E-state index is 12.6. The molecule has 0 spiro atoms. The number of fused-ring (bicyclic) bond motifs is 1. The van der Waals surface area contributed by atoms with E-state index in [1.807, 2.05) is 55.6 Å². The first-order chi connectivity index (χ1) is 14.0. The average molecular weight is 386 g/mol. The number of hydrogen-bond acceptors (Lipinski definition) is 5. The molecule has 0 saturated heterocycles. The summed E-state index contributed by atoms with van der Waals surface area (Å²) < 4.78 is 0. The van der Waals surface area contributed by atoms with E-state index in [4.69, 9.17) is 0 Å². The predicted molar refractivity (Wildman–Crippen MR) is 115 cm³/mol. The van der Waals surface area contributed by atoms with Gasteiger partial charge < -0.3 is 15.2 Å². The number of carbonyl (C=O) groups excluding carboxylic acids is 1. The largest absolute Gasteiger partial charge is 0.343 e. The maximum Gasteiger partial charge on any atom is 0.258 e. The van der Waals surface area contributed by atoms with Crippen molar-refractivity contribution >= 4 is 28.6 Å². The molecule has 4 aromatic rings. The van der Waals surface area contributed by atoms with E-state index >= 15 is 0 Å². The fraction of sp³-hybridized carbons (Fsp3) is 0.182. The molecule has 2 aromatic heterocycles. The van der Waals surface area contributed by atoms with Gasteiger partial charge in [-0.3, -0.25) is 4.79 Å². The van der Waals surface area contributed by atoms with Crippen LogP contribution >= 0.6 is 0 Å². The lowest BCUT2D eigenvalue weighted by molar-refractivity contribution is 0.102. The van der Waals surface area contributed by atoms with Crippen molar-refractivity contribution in [3.63, 3.8) is 0 Å². The summed E-state index contributed by atoms with van der Waals surface area (Å²) in [6.07, 6.45) is 3.07. The SMILES string of the molecule is CC(C)N(C)c1nc2ccc(NC(=O)c3cnc(-c4ccccc4)nc3)cc2[nH]1.